The number of nitrogens with one attached hydrogen (secondary N) is 2. The first-order valence-electron chi connectivity index (χ1n) is 5.97. The third-order valence-electron chi connectivity index (χ3n) is 3.18. The van der Waals surface area contributed by atoms with Gasteiger partial charge in [-0.25, -0.2) is 0 Å². The molecule has 0 aromatic heterocycles. The van der Waals surface area contributed by atoms with E-state index in [2.05, 4.69) is 10.6 Å². The van der Waals surface area contributed by atoms with E-state index >= 15 is 0 Å². The molecular weight excluding hydrogens is 314 g/mol. The van der Waals surface area contributed by atoms with Gasteiger partial charge in [0, 0.05) is 26.4 Å². The summed E-state index contributed by atoms with van der Waals surface area (Å²) >= 11 is 0. The summed E-state index contributed by atoms with van der Waals surface area (Å²) in [7, 11) is -3.06. The number of amides is 2. The number of hydrogen-bond donors (Lipinski definition) is 3. The summed E-state index contributed by atoms with van der Waals surface area (Å²) in [5.41, 5.74) is 0. The number of carbonyl (C=O) groups is 2. The minimum absolute atomic E-state index is 0.261. The van der Waals surface area contributed by atoms with Crippen LogP contribution in [0.2, 0.25) is 0 Å². The van der Waals surface area contributed by atoms with Gasteiger partial charge < -0.3 is 15.4 Å². The van der Waals surface area contributed by atoms with E-state index in [1.54, 1.807) is 0 Å². The van der Waals surface area contributed by atoms with Crippen LogP contribution in [0.5, 0.6) is 0 Å². The molecule has 0 aliphatic carbocycles. The number of carbonyl (C=O) groups excluding carboxylic acids is 2. The summed E-state index contributed by atoms with van der Waals surface area (Å²) in [4.78, 5) is 23.0. The topological polar surface area (TPSA) is 122 Å². The van der Waals surface area contributed by atoms with Crippen LogP contribution in [-0.4, -0.2) is 56.3 Å². The molecule has 1 heterocycles. The summed E-state index contributed by atoms with van der Waals surface area (Å²) < 4.78 is 61.7. The molecule has 0 aromatic rings. The molecule has 11 heteroatoms. The fraction of sp³-hybridized carbons (Fsp3) is 0.800. The first kappa shape index (κ1) is 17.7. The lowest BCUT2D eigenvalue weighted by Gasteiger charge is -2.20. The molecule has 122 valence electrons. The third kappa shape index (κ3) is 3.86. The van der Waals surface area contributed by atoms with Gasteiger partial charge in [-0.3, -0.25) is 14.1 Å². The average Bonchev–Trinajstić information content (AvgIpc) is 2.78. The fourth-order valence-corrected chi connectivity index (χ4v) is 2.52. The van der Waals surface area contributed by atoms with E-state index in [9.17, 15) is 26.8 Å². The van der Waals surface area contributed by atoms with E-state index < -0.39 is 51.7 Å². The van der Waals surface area contributed by atoms with Crippen LogP contribution in [0.15, 0.2) is 0 Å². The highest BCUT2D eigenvalue weighted by Crippen LogP contribution is 2.37. The van der Waals surface area contributed by atoms with Crippen LogP contribution in [0, 0.1) is 5.92 Å². The zero-order valence-electron chi connectivity index (χ0n) is 11.3. The van der Waals surface area contributed by atoms with Crippen molar-refractivity contribution in [2.24, 2.45) is 5.92 Å². The Morgan fingerprint density at radius 2 is 1.81 bits per heavy atom. The minimum atomic E-state index is -5.61. The zero-order chi connectivity index (χ0) is 16.4. The average molecular weight is 330 g/mol. The number of halogens is 2. The zero-order valence-corrected chi connectivity index (χ0v) is 12.1. The second-order valence-electron chi connectivity index (χ2n) is 4.59. The van der Waals surface area contributed by atoms with Crippen molar-refractivity contribution in [3.8, 4) is 0 Å². The Balaban J connectivity index is 2.96. The molecule has 1 saturated heterocycles. The quantitative estimate of drug-likeness (QED) is 0.563. The summed E-state index contributed by atoms with van der Waals surface area (Å²) in [5.74, 6) is -2.59. The largest absolute Gasteiger partial charge is 0.370 e. The predicted molar refractivity (Wildman–Crippen MR) is 66.0 cm³/mol. The van der Waals surface area contributed by atoms with Crippen molar-refractivity contribution in [3.63, 3.8) is 0 Å². The first-order valence-corrected chi connectivity index (χ1v) is 7.41. The number of ether oxygens (including phenoxy) is 1. The first-order chi connectivity index (χ1) is 9.53. The highest BCUT2D eigenvalue weighted by atomic mass is 32.2. The molecule has 3 unspecified atom stereocenters. The van der Waals surface area contributed by atoms with Gasteiger partial charge in [-0.05, 0) is 6.42 Å². The highest BCUT2D eigenvalue weighted by molar-refractivity contribution is 7.86. The van der Waals surface area contributed by atoms with Crippen LogP contribution in [-0.2, 0) is 24.4 Å². The maximum atomic E-state index is 13.4. The van der Waals surface area contributed by atoms with Crippen LogP contribution < -0.4 is 10.6 Å². The van der Waals surface area contributed by atoms with E-state index in [1.165, 1.54) is 14.1 Å². The molecule has 0 aromatic carbocycles. The van der Waals surface area contributed by atoms with Gasteiger partial charge in [0.15, 0.2) is 0 Å². The molecule has 0 spiro atoms. The van der Waals surface area contributed by atoms with Crippen molar-refractivity contribution in [3.05, 3.63) is 0 Å². The van der Waals surface area contributed by atoms with Crippen molar-refractivity contribution in [1.29, 1.82) is 0 Å². The van der Waals surface area contributed by atoms with E-state index in [4.69, 9.17) is 9.29 Å². The number of alkyl halides is 2. The number of rotatable bonds is 5. The Bertz CT molecular complexity index is 524. The van der Waals surface area contributed by atoms with Gasteiger partial charge in [-0.1, -0.05) is 0 Å². The molecule has 2 amide bonds. The van der Waals surface area contributed by atoms with Crippen molar-refractivity contribution in [2.75, 3.05) is 14.1 Å². The smallest absolute Gasteiger partial charge is 0.357 e. The maximum Gasteiger partial charge on any atom is 0.370 e. The van der Waals surface area contributed by atoms with Gasteiger partial charge in [0.1, 0.15) is 12.2 Å². The Kier molecular flexibility index (Phi) is 5.23. The van der Waals surface area contributed by atoms with Crippen molar-refractivity contribution in [2.45, 2.75) is 30.3 Å². The van der Waals surface area contributed by atoms with E-state index in [0.29, 0.717) is 0 Å². The fourth-order valence-electron chi connectivity index (χ4n) is 2.09. The van der Waals surface area contributed by atoms with Crippen LogP contribution in [0.1, 0.15) is 12.8 Å². The van der Waals surface area contributed by atoms with Gasteiger partial charge in [0.25, 0.3) is 0 Å². The summed E-state index contributed by atoms with van der Waals surface area (Å²) in [6, 6.07) is 0. The minimum Gasteiger partial charge on any atom is -0.357 e. The molecule has 21 heavy (non-hydrogen) atoms. The molecule has 1 aliphatic rings. The van der Waals surface area contributed by atoms with Crippen molar-refractivity contribution in [1.82, 2.24) is 10.6 Å². The Morgan fingerprint density at radius 3 is 2.24 bits per heavy atom. The summed E-state index contributed by atoms with van der Waals surface area (Å²) in [6.07, 6.45) is -4.12. The Morgan fingerprint density at radius 1 is 1.29 bits per heavy atom. The van der Waals surface area contributed by atoms with Crippen molar-refractivity contribution >= 4 is 21.9 Å². The summed E-state index contributed by atoms with van der Waals surface area (Å²) in [6.45, 7) is 0. The lowest BCUT2D eigenvalue weighted by Crippen LogP contribution is -2.40. The molecule has 0 bridgehead atoms. The highest BCUT2D eigenvalue weighted by Gasteiger charge is 2.52. The number of hydrogen-bond acceptors (Lipinski definition) is 5. The second-order valence-corrected chi connectivity index (χ2v) is 6.13. The molecular formula is C10H16F2N2O6S. The van der Waals surface area contributed by atoms with Gasteiger partial charge in [-0.15, -0.1) is 0 Å². The van der Waals surface area contributed by atoms with Crippen molar-refractivity contribution < 1.29 is 36.1 Å². The molecule has 3 N–H and O–H groups in total. The van der Waals surface area contributed by atoms with E-state index in [0.717, 1.165) is 0 Å². The normalized spacial score (nSPS) is 26.4. The molecule has 3 atom stereocenters. The molecule has 1 aliphatic heterocycles. The molecule has 1 fully saturated rings. The monoisotopic (exact) mass is 330 g/mol. The predicted octanol–water partition coefficient (Wildman–Crippen LogP) is -0.877. The second kappa shape index (κ2) is 6.20. The van der Waals surface area contributed by atoms with E-state index in [1.807, 2.05) is 0 Å². The van der Waals surface area contributed by atoms with Gasteiger partial charge in [0.2, 0.25) is 11.8 Å². The van der Waals surface area contributed by atoms with E-state index in [-0.39, 0.29) is 6.42 Å². The van der Waals surface area contributed by atoms with Crippen LogP contribution in [0.25, 0.3) is 0 Å². The van der Waals surface area contributed by atoms with Crippen LogP contribution in [0.4, 0.5) is 8.78 Å². The van der Waals surface area contributed by atoms with Gasteiger partial charge in [-0.2, -0.15) is 17.2 Å². The standard InChI is InChI=1S/C10H16F2N2O6S/c1-13-8(15)6-3-5(7(20-6)9(16)14-2)4-10(11,12)21(17,18)19/h5-7H,3-4H2,1-2H3,(H,13,15)(H,14,16)(H,17,18,19). The molecule has 1 rings (SSSR count). The maximum absolute atomic E-state index is 13.4. The molecule has 0 saturated carbocycles. The Labute approximate surface area is 120 Å². The number of likely N-dealkylation sites (N-methyl/N-ethyl adjacent to an activating group) is 2. The SMILES string of the molecule is CNC(=O)C1CC(CC(F)(F)S(=O)(=O)O)C(C(=O)NC)O1. The van der Waals surface area contributed by atoms with Gasteiger partial charge >= 0.3 is 15.4 Å². The van der Waals surface area contributed by atoms with Gasteiger partial charge in [0.05, 0.1) is 0 Å². The molecule has 0 radical (unpaired) electrons. The van der Waals surface area contributed by atoms with Crippen LogP contribution in [0.3, 0.4) is 0 Å². The lowest BCUT2D eigenvalue weighted by molar-refractivity contribution is -0.140. The van der Waals surface area contributed by atoms with Crippen LogP contribution >= 0.6 is 0 Å². The third-order valence-corrected chi connectivity index (χ3v) is 4.10. The molecule has 8 nitrogen and oxygen atoms in total. The Hall–Kier alpha value is -1.33. The summed E-state index contributed by atoms with van der Waals surface area (Å²) in [5, 5.41) is 0.00794. The lowest BCUT2D eigenvalue weighted by atomic mass is 9.95.